The molecular weight excluding hydrogens is 605 g/mol. The summed E-state index contributed by atoms with van der Waals surface area (Å²) in [6.07, 6.45) is 3.00. The second-order valence-corrected chi connectivity index (χ2v) is 11.6. The minimum atomic E-state index is -0.654. The Morgan fingerprint density at radius 3 is 2.26 bits per heavy atom. The molecule has 0 radical (unpaired) electrons. The standard InChI is InChI=1S/C36H34FN3O5S/c1-3-4-21-45-36(44)26-17-19-28(20-18-26)38-33(41)24(2)46-30-15-10-14-29(23-30)39-35(43)32(22-27-13-8-9-16-31(27)37)40-34(42)25-11-6-5-7-12-25/h5-20,22-24H,3-4,21H2,1-2H3,(H,38,41)(H,39,43)(H,40,42)/b32-22-. The third-order valence-electron chi connectivity index (χ3n) is 6.63. The number of hydrogen-bond acceptors (Lipinski definition) is 6. The number of hydrogen-bond donors (Lipinski definition) is 3. The van der Waals surface area contributed by atoms with E-state index in [4.69, 9.17) is 4.74 Å². The van der Waals surface area contributed by atoms with E-state index in [0.717, 1.165) is 12.8 Å². The molecule has 0 saturated heterocycles. The maximum Gasteiger partial charge on any atom is 0.338 e. The number of anilines is 2. The van der Waals surface area contributed by atoms with E-state index < -0.39 is 28.9 Å². The highest BCUT2D eigenvalue weighted by atomic mass is 32.2. The van der Waals surface area contributed by atoms with Crippen molar-refractivity contribution in [3.63, 3.8) is 0 Å². The number of halogens is 1. The molecule has 236 valence electrons. The number of carbonyl (C=O) groups is 4. The van der Waals surface area contributed by atoms with Crippen LogP contribution in [0, 0.1) is 5.82 Å². The van der Waals surface area contributed by atoms with Crippen molar-refractivity contribution in [3.05, 3.63) is 131 Å². The van der Waals surface area contributed by atoms with Gasteiger partial charge >= 0.3 is 5.97 Å². The number of unbranched alkanes of at least 4 members (excludes halogenated alkanes) is 1. The number of nitrogens with one attached hydrogen (secondary N) is 3. The Hall–Kier alpha value is -5.22. The molecular formula is C36H34FN3O5S. The maximum atomic E-state index is 14.4. The Morgan fingerprint density at radius 1 is 0.826 bits per heavy atom. The SMILES string of the molecule is CCCCOC(=O)c1ccc(NC(=O)C(C)Sc2cccc(NC(=O)/C(=C/c3ccccc3F)NC(=O)c3ccccc3)c2)cc1. The van der Waals surface area contributed by atoms with E-state index in [1.807, 2.05) is 6.92 Å². The number of ether oxygens (including phenoxy) is 1. The van der Waals surface area contributed by atoms with Gasteiger partial charge in [0.05, 0.1) is 17.4 Å². The highest BCUT2D eigenvalue weighted by molar-refractivity contribution is 8.00. The second kappa shape index (κ2) is 16.7. The summed E-state index contributed by atoms with van der Waals surface area (Å²) in [5.41, 5.74) is 1.67. The van der Waals surface area contributed by atoms with Crippen molar-refractivity contribution < 1.29 is 28.3 Å². The molecule has 0 spiro atoms. The van der Waals surface area contributed by atoms with Crippen LogP contribution in [0.2, 0.25) is 0 Å². The number of thioether (sulfide) groups is 1. The minimum absolute atomic E-state index is 0.131. The monoisotopic (exact) mass is 639 g/mol. The van der Waals surface area contributed by atoms with Crippen LogP contribution < -0.4 is 16.0 Å². The van der Waals surface area contributed by atoms with Crippen molar-refractivity contribution in [2.45, 2.75) is 36.8 Å². The molecule has 0 aliphatic rings. The maximum absolute atomic E-state index is 14.4. The van der Waals surface area contributed by atoms with E-state index >= 15 is 0 Å². The molecule has 1 unspecified atom stereocenters. The highest BCUT2D eigenvalue weighted by Gasteiger charge is 2.18. The molecule has 0 bridgehead atoms. The van der Waals surface area contributed by atoms with Gasteiger partial charge in [0.25, 0.3) is 11.8 Å². The smallest absolute Gasteiger partial charge is 0.338 e. The fourth-order valence-corrected chi connectivity index (χ4v) is 5.05. The largest absolute Gasteiger partial charge is 0.462 e. The Kier molecular flexibility index (Phi) is 12.3. The van der Waals surface area contributed by atoms with Gasteiger partial charge in [0.15, 0.2) is 0 Å². The first-order valence-corrected chi connectivity index (χ1v) is 15.6. The fourth-order valence-electron chi connectivity index (χ4n) is 4.12. The Balaban J connectivity index is 1.40. The van der Waals surface area contributed by atoms with Gasteiger partial charge in [0.2, 0.25) is 5.91 Å². The number of carbonyl (C=O) groups excluding carboxylic acids is 4. The van der Waals surface area contributed by atoms with Gasteiger partial charge in [0, 0.05) is 27.4 Å². The van der Waals surface area contributed by atoms with Crippen molar-refractivity contribution in [3.8, 4) is 0 Å². The summed E-state index contributed by atoms with van der Waals surface area (Å²) in [4.78, 5) is 52.0. The third kappa shape index (κ3) is 9.90. The average molecular weight is 640 g/mol. The second-order valence-electron chi connectivity index (χ2n) is 10.2. The first-order valence-electron chi connectivity index (χ1n) is 14.7. The first kappa shape index (κ1) is 33.7. The summed E-state index contributed by atoms with van der Waals surface area (Å²) in [5.74, 6) is -2.39. The van der Waals surface area contributed by atoms with Gasteiger partial charge in [0.1, 0.15) is 11.5 Å². The summed E-state index contributed by atoms with van der Waals surface area (Å²) in [6.45, 7) is 4.13. The zero-order valence-electron chi connectivity index (χ0n) is 25.4. The first-order chi connectivity index (χ1) is 22.2. The van der Waals surface area contributed by atoms with Crippen LogP contribution >= 0.6 is 11.8 Å². The molecule has 4 rings (SSSR count). The van der Waals surface area contributed by atoms with Crippen LogP contribution in [0.3, 0.4) is 0 Å². The van der Waals surface area contributed by atoms with Gasteiger partial charge in [-0.15, -0.1) is 11.8 Å². The zero-order chi connectivity index (χ0) is 32.9. The Bertz CT molecular complexity index is 1710. The lowest BCUT2D eigenvalue weighted by molar-refractivity contribution is -0.115. The lowest BCUT2D eigenvalue weighted by atomic mass is 10.1. The van der Waals surface area contributed by atoms with Crippen LogP contribution in [0.4, 0.5) is 15.8 Å². The van der Waals surface area contributed by atoms with Gasteiger partial charge in [-0.2, -0.15) is 0 Å². The van der Waals surface area contributed by atoms with Crippen LogP contribution in [-0.2, 0) is 14.3 Å². The van der Waals surface area contributed by atoms with Crippen molar-refractivity contribution in [1.29, 1.82) is 0 Å². The van der Waals surface area contributed by atoms with E-state index in [-0.39, 0.29) is 17.2 Å². The van der Waals surface area contributed by atoms with Crippen molar-refractivity contribution in [1.82, 2.24) is 5.32 Å². The predicted octanol–water partition coefficient (Wildman–Crippen LogP) is 7.31. The van der Waals surface area contributed by atoms with Crippen LogP contribution in [0.25, 0.3) is 6.08 Å². The molecule has 1 atom stereocenters. The molecule has 10 heteroatoms. The van der Waals surface area contributed by atoms with E-state index in [9.17, 15) is 23.6 Å². The van der Waals surface area contributed by atoms with Crippen LogP contribution in [0.15, 0.2) is 114 Å². The lowest BCUT2D eigenvalue weighted by Gasteiger charge is -2.14. The topological polar surface area (TPSA) is 114 Å². The van der Waals surface area contributed by atoms with Crippen LogP contribution in [-0.4, -0.2) is 35.5 Å². The molecule has 4 aromatic carbocycles. The van der Waals surface area contributed by atoms with E-state index in [1.54, 1.807) is 91.9 Å². The van der Waals surface area contributed by atoms with Gasteiger partial charge < -0.3 is 20.7 Å². The Morgan fingerprint density at radius 2 is 1.54 bits per heavy atom. The van der Waals surface area contributed by atoms with Crippen LogP contribution in [0.1, 0.15) is 53.0 Å². The minimum Gasteiger partial charge on any atom is -0.462 e. The predicted molar refractivity (Wildman–Crippen MR) is 179 cm³/mol. The number of esters is 1. The quantitative estimate of drug-likeness (QED) is 0.0612. The van der Waals surface area contributed by atoms with Crippen molar-refractivity contribution >= 4 is 52.9 Å². The molecule has 0 fully saturated rings. The summed E-state index contributed by atoms with van der Waals surface area (Å²) in [7, 11) is 0. The Labute approximate surface area is 271 Å². The summed E-state index contributed by atoms with van der Waals surface area (Å²) in [6, 6.07) is 27.7. The molecule has 0 heterocycles. The van der Waals surface area contributed by atoms with E-state index in [1.165, 1.54) is 36.0 Å². The molecule has 46 heavy (non-hydrogen) atoms. The van der Waals surface area contributed by atoms with Gasteiger partial charge in [-0.1, -0.05) is 55.8 Å². The van der Waals surface area contributed by atoms with Gasteiger partial charge in [-0.05, 0) is 80.1 Å². The van der Waals surface area contributed by atoms with E-state index in [2.05, 4.69) is 16.0 Å². The summed E-state index contributed by atoms with van der Waals surface area (Å²) >= 11 is 1.28. The summed E-state index contributed by atoms with van der Waals surface area (Å²) in [5, 5.41) is 7.68. The van der Waals surface area contributed by atoms with Crippen LogP contribution in [0.5, 0.6) is 0 Å². The normalized spacial score (nSPS) is 11.7. The summed E-state index contributed by atoms with van der Waals surface area (Å²) < 4.78 is 19.7. The number of amides is 3. The number of rotatable bonds is 13. The third-order valence-corrected chi connectivity index (χ3v) is 7.72. The fraction of sp³-hybridized carbons (Fsp3) is 0.167. The molecule has 0 aliphatic heterocycles. The highest BCUT2D eigenvalue weighted by Crippen LogP contribution is 2.27. The number of benzene rings is 4. The van der Waals surface area contributed by atoms with Crippen molar-refractivity contribution in [2.75, 3.05) is 17.2 Å². The zero-order valence-corrected chi connectivity index (χ0v) is 26.2. The molecule has 4 aromatic rings. The lowest BCUT2D eigenvalue weighted by Crippen LogP contribution is -2.30. The molecule has 3 N–H and O–H groups in total. The van der Waals surface area contributed by atoms with E-state index in [0.29, 0.717) is 34.0 Å². The molecule has 0 saturated carbocycles. The molecule has 0 aromatic heterocycles. The molecule has 3 amide bonds. The van der Waals surface area contributed by atoms with Crippen molar-refractivity contribution in [2.24, 2.45) is 0 Å². The van der Waals surface area contributed by atoms with Gasteiger partial charge in [-0.3, -0.25) is 14.4 Å². The average Bonchev–Trinajstić information content (AvgIpc) is 3.06. The van der Waals surface area contributed by atoms with Gasteiger partial charge in [-0.25, -0.2) is 9.18 Å². The molecule has 0 aliphatic carbocycles. The molecule has 8 nitrogen and oxygen atoms in total.